The van der Waals surface area contributed by atoms with Crippen molar-refractivity contribution in [2.24, 2.45) is 5.73 Å². The quantitative estimate of drug-likeness (QED) is 0.539. The van der Waals surface area contributed by atoms with E-state index in [0.717, 1.165) is 11.1 Å². The summed E-state index contributed by atoms with van der Waals surface area (Å²) in [5.74, 6) is 0. The monoisotopic (exact) mass is 359 g/mol. The van der Waals surface area contributed by atoms with E-state index in [9.17, 15) is 15.3 Å². The van der Waals surface area contributed by atoms with Crippen molar-refractivity contribution in [3.63, 3.8) is 0 Å². The zero-order valence-corrected chi connectivity index (χ0v) is 14.5. The van der Waals surface area contributed by atoms with E-state index in [1.807, 2.05) is 60.7 Å². The van der Waals surface area contributed by atoms with Crippen molar-refractivity contribution in [3.05, 3.63) is 71.8 Å². The fourth-order valence-corrected chi connectivity index (χ4v) is 3.29. The van der Waals surface area contributed by atoms with Gasteiger partial charge in [-0.15, -0.1) is 0 Å². The summed E-state index contributed by atoms with van der Waals surface area (Å²) in [7, 11) is 0. The molecule has 0 unspecified atom stereocenters. The Morgan fingerprint density at radius 2 is 1.65 bits per heavy atom. The highest BCUT2D eigenvalue weighted by atomic mass is 16.6. The smallest absolute Gasteiger partial charge is 0.165 e. The average molecular weight is 359 g/mol. The molecule has 0 saturated carbocycles. The molecule has 0 aromatic heterocycles. The summed E-state index contributed by atoms with van der Waals surface area (Å²) < 4.78 is 11.5. The third-order valence-electron chi connectivity index (χ3n) is 4.69. The van der Waals surface area contributed by atoms with Gasteiger partial charge in [-0.2, -0.15) is 0 Å². The maximum absolute atomic E-state index is 11.2. The summed E-state index contributed by atoms with van der Waals surface area (Å²) >= 11 is 0. The van der Waals surface area contributed by atoms with E-state index in [0.29, 0.717) is 0 Å². The van der Waals surface area contributed by atoms with Crippen LogP contribution in [0.2, 0.25) is 0 Å². The van der Waals surface area contributed by atoms with Gasteiger partial charge in [0.15, 0.2) is 5.72 Å². The maximum atomic E-state index is 11.2. The standard InChI is InChI=1S/C20H25NO5/c21-20(24,13-22)18-17(25-12-16-9-5-2-6-10-16)19(23,14-26-18)11-15-7-3-1-4-8-15/h1-10,17-18,22-24H,11-14,21H2/t17-,18-,19-,20-/m0/s1. The zero-order chi connectivity index (χ0) is 18.6. The van der Waals surface area contributed by atoms with Crippen LogP contribution in [-0.4, -0.2) is 52.1 Å². The van der Waals surface area contributed by atoms with Crippen molar-refractivity contribution in [1.29, 1.82) is 0 Å². The van der Waals surface area contributed by atoms with E-state index < -0.39 is 30.1 Å². The summed E-state index contributed by atoms with van der Waals surface area (Å²) in [4.78, 5) is 0. The summed E-state index contributed by atoms with van der Waals surface area (Å²) in [5, 5.41) is 30.9. The Bertz CT molecular complexity index is 694. The average Bonchev–Trinajstić information content (AvgIpc) is 2.98. The minimum absolute atomic E-state index is 0.0501. The molecule has 1 saturated heterocycles. The zero-order valence-electron chi connectivity index (χ0n) is 14.5. The number of hydrogen-bond donors (Lipinski definition) is 4. The van der Waals surface area contributed by atoms with Gasteiger partial charge in [0, 0.05) is 6.42 Å². The van der Waals surface area contributed by atoms with Gasteiger partial charge in [0.05, 0.1) is 19.8 Å². The van der Waals surface area contributed by atoms with Gasteiger partial charge in [0.25, 0.3) is 0 Å². The second kappa shape index (κ2) is 7.84. The van der Waals surface area contributed by atoms with Crippen LogP contribution in [-0.2, 0) is 22.5 Å². The van der Waals surface area contributed by atoms with Crippen molar-refractivity contribution < 1.29 is 24.8 Å². The fraction of sp³-hybridized carbons (Fsp3) is 0.400. The van der Waals surface area contributed by atoms with Crippen LogP contribution in [0.3, 0.4) is 0 Å². The van der Waals surface area contributed by atoms with Crippen LogP contribution in [0.1, 0.15) is 11.1 Å². The predicted molar refractivity (Wildman–Crippen MR) is 96.1 cm³/mol. The number of hydrogen-bond acceptors (Lipinski definition) is 6. The molecule has 4 atom stereocenters. The largest absolute Gasteiger partial charge is 0.392 e. The lowest BCUT2D eigenvalue weighted by atomic mass is 9.86. The molecule has 6 nitrogen and oxygen atoms in total. The van der Waals surface area contributed by atoms with Crippen LogP contribution in [0.5, 0.6) is 0 Å². The van der Waals surface area contributed by atoms with Crippen LogP contribution in [0, 0.1) is 0 Å². The molecule has 2 aromatic carbocycles. The van der Waals surface area contributed by atoms with Gasteiger partial charge in [-0.3, -0.25) is 5.73 Å². The molecule has 3 rings (SSSR count). The van der Waals surface area contributed by atoms with Crippen molar-refractivity contribution in [3.8, 4) is 0 Å². The van der Waals surface area contributed by atoms with E-state index in [2.05, 4.69) is 0 Å². The number of benzene rings is 2. The first-order valence-electron chi connectivity index (χ1n) is 8.60. The molecule has 6 heteroatoms. The number of nitrogens with two attached hydrogens (primary N) is 1. The molecular weight excluding hydrogens is 334 g/mol. The highest BCUT2D eigenvalue weighted by molar-refractivity contribution is 5.20. The molecule has 0 aliphatic carbocycles. The van der Waals surface area contributed by atoms with Crippen LogP contribution in [0.25, 0.3) is 0 Å². The third-order valence-corrected chi connectivity index (χ3v) is 4.69. The molecular formula is C20H25NO5. The topological polar surface area (TPSA) is 105 Å². The Hall–Kier alpha value is -1.80. The number of aliphatic hydroxyl groups is 3. The lowest BCUT2D eigenvalue weighted by Gasteiger charge is -2.35. The maximum Gasteiger partial charge on any atom is 0.165 e. The van der Waals surface area contributed by atoms with Crippen LogP contribution >= 0.6 is 0 Å². The van der Waals surface area contributed by atoms with Gasteiger partial charge in [-0.1, -0.05) is 60.7 Å². The molecule has 140 valence electrons. The van der Waals surface area contributed by atoms with Crippen LogP contribution in [0.4, 0.5) is 0 Å². The molecule has 1 heterocycles. The first-order chi connectivity index (χ1) is 12.4. The molecule has 0 amide bonds. The van der Waals surface area contributed by atoms with E-state index in [-0.39, 0.29) is 19.6 Å². The lowest BCUT2D eigenvalue weighted by Crippen LogP contribution is -2.61. The molecule has 1 aliphatic rings. The lowest BCUT2D eigenvalue weighted by molar-refractivity contribution is -0.161. The minimum atomic E-state index is -2.01. The molecule has 5 N–H and O–H groups in total. The second-order valence-corrected chi connectivity index (χ2v) is 6.86. The highest BCUT2D eigenvalue weighted by Crippen LogP contribution is 2.35. The molecule has 26 heavy (non-hydrogen) atoms. The van der Waals surface area contributed by atoms with Gasteiger partial charge in [-0.25, -0.2) is 0 Å². The van der Waals surface area contributed by atoms with Crippen LogP contribution in [0.15, 0.2) is 60.7 Å². The number of ether oxygens (including phenoxy) is 2. The summed E-state index contributed by atoms with van der Waals surface area (Å²) in [6.07, 6.45) is -1.67. The molecule has 0 spiro atoms. The Morgan fingerprint density at radius 1 is 1.08 bits per heavy atom. The first kappa shape index (κ1) is 19.0. The van der Waals surface area contributed by atoms with Gasteiger partial charge >= 0.3 is 0 Å². The van der Waals surface area contributed by atoms with Crippen molar-refractivity contribution in [2.75, 3.05) is 13.2 Å². The van der Waals surface area contributed by atoms with E-state index in [1.54, 1.807) is 0 Å². The minimum Gasteiger partial charge on any atom is -0.392 e. The molecule has 1 aliphatic heterocycles. The Labute approximate surface area is 152 Å². The van der Waals surface area contributed by atoms with Crippen molar-refractivity contribution >= 4 is 0 Å². The molecule has 0 radical (unpaired) electrons. The number of aliphatic hydroxyl groups excluding tert-OH is 1. The summed E-state index contributed by atoms with van der Waals surface area (Å²) in [5.41, 5.74) is 4.24. The van der Waals surface area contributed by atoms with Crippen molar-refractivity contribution in [1.82, 2.24) is 0 Å². The second-order valence-electron chi connectivity index (χ2n) is 6.86. The Balaban J connectivity index is 1.82. The molecule has 0 bridgehead atoms. The fourth-order valence-electron chi connectivity index (χ4n) is 3.29. The first-order valence-corrected chi connectivity index (χ1v) is 8.60. The third kappa shape index (κ3) is 4.12. The highest BCUT2D eigenvalue weighted by Gasteiger charge is 2.56. The van der Waals surface area contributed by atoms with Crippen molar-refractivity contribution in [2.45, 2.75) is 36.6 Å². The summed E-state index contributed by atoms with van der Waals surface area (Å²) in [6.45, 7) is -0.528. The predicted octanol–water partition coefficient (Wildman–Crippen LogP) is 0.584. The van der Waals surface area contributed by atoms with Gasteiger partial charge in [0.1, 0.15) is 17.8 Å². The van der Waals surface area contributed by atoms with Gasteiger partial charge in [-0.05, 0) is 11.1 Å². The van der Waals surface area contributed by atoms with E-state index >= 15 is 0 Å². The molecule has 2 aromatic rings. The Morgan fingerprint density at radius 3 is 2.23 bits per heavy atom. The number of rotatable bonds is 7. The van der Waals surface area contributed by atoms with Crippen LogP contribution < -0.4 is 5.73 Å². The Kier molecular flexibility index (Phi) is 5.72. The normalized spacial score (nSPS) is 28.0. The summed E-state index contributed by atoms with van der Waals surface area (Å²) in [6, 6.07) is 19.0. The van der Waals surface area contributed by atoms with Gasteiger partial charge < -0.3 is 24.8 Å². The van der Waals surface area contributed by atoms with E-state index in [1.165, 1.54) is 0 Å². The van der Waals surface area contributed by atoms with E-state index in [4.69, 9.17) is 15.2 Å². The molecule has 1 fully saturated rings. The van der Waals surface area contributed by atoms with Gasteiger partial charge in [0.2, 0.25) is 0 Å². The SMILES string of the molecule is N[C@](O)(CO)[C@H]1OC[C@@](O)(Cc2ccccc2)[C@H]1OCc1ccccc1.